The molecule has 30 heavy (non-hydrogen) atoms. The first-order chi connectivity index (χ1) is 14.4. The van der Waals surface area contributed by atoms with Gasteiger partial charge in [0.25, 0.3) is 5.56 Å². The third kappa shape index (κ3) is 4.69. The van der Waals surface area contributed by atoms with Crippen LogP contribution in [0.4, 0.5) is 0 Å². The van der Waals surface area contributed by atoms with Crippen LogP contribution in [0.3, 0.4) is 0 Å². The average molecular weight is 413 g/mol. The Bertz CT molecular complexity index is 954. The molecular formula is C22H27N3O5. The molecular weight excluding hydrogens is 386 g/mol. The number of rotatable bonds is 6. The summed E-state index contributed by atoms with van der Waals surface area (Å²) in [5.41, 5.74) is 1.04. The van der Waals surface area contributed by atoms with Gasteiger partial charge in [0.1, 0.15) is 11.8 Å². The van der Waals surface area contributed by atoms with Gasteiger partial charge in [-0.1, -0.05) is 0 Å². The highest BCUT2D eigenvalue weighted by molar-refractivity contribution is 5.81. The van der Waals surface area contributed by atoms with Crippen LogP contribution in [0.25, 0.3) is 11.3 Å². The molecule has 8 heteroatoms. The van der Waals surface area contributed by atoms with Crippen LogP contribution in [0.1, 0.15) is 32.7 Å². The van der Waals surface area contributed by atoms with E-state index in [0.717, 1.165) is 17.7 Å². The molecule has 3 rings (SSSR count). The number of aromatic nitrogens is 2. The predicted molar refractivity (Wildman–Crippen MR) is 111 cm³/mol. The second kappa shape index (κ2) is 9.56. The molecule has 1 aromatic carbocycles. The number of hydrogen-bond donors (Lipinski definition) is 0. The van der Waals surface area contributed by atoms with Crippen molar-refractivity contribution in [2.24, 2.45) is 5.92 Å². The Labute approximate surface area is 175 Å². The van der Waals surface area contributed by atoms with Crippen LogP contribution >= 0.6 is 0 Å². The van der Waals surface area contributed by atoms with E-state index in [-0.39, 0.29) is 23.4 Å². The summed E-state index contributed by atoms with van der Waals surface area (Å²) in [5, 5.41) is 4.42. The molecule has 160 valence electrons. The van der Waals surface area contributed by atoms with Gasteiger partial charge in [0.15, 0.2) is 0 Å². The number of benzene rings is 1. The van der Waals surface area contributed by atoms with E-state index < -0.39 is 6.04 Å². The van der Waals surface area contributed by atoms with Crippen molar-refractivity contribution in [2.75, 3.05) is 26.8 Å². The zero-order valence-corrected chi connectivity index (χ0v) is 17.5. The third-order valence-corrected chi connectivity index (χ3v) is 5.29. The number of amides is 1. The average Bonchev–Trinajstić information content (AvgIpc) is 2.79. The molecule has 0 aliphatic carbocycles. The topological polar surface area (TPSA) is 90.7 Å². The van der Waals surface area contributed by atoms with Crippen molar-refractivity contribution >= 4 is 11.9 Å². The van der Waals surface area contributed by atoms with E-state index in [2.05, 4.69) is 5.10 Å². The maximum Gasteiger partial charge on any atom is 0.310 e. The number of carbonyl (C=O) groups is 2. The number of carbonyl (C=O) groups excluding carboxylic acids is 2. The maximum atomic E-state index is 13.1. The lowest BCUT2D eigenvalue weighted by molar-refractivity contribution is -0.151. The first-order valence-electron chi connectivity index (χ1n) is 10.1. The van der Waals surface area contributed by atoms with Crippen molar-refractivity contribution in [3.8, 4) is 17.0 Å². The number of hydrogen-bond acceptors (Lipinski definition) is 6. The highest BCUT2D eigenvalue weighted by Crippen LogP contribution is 2.22. The number of nitrogens with zero attached hydrogens (tertiary/aromatic N) is 3. The van der Waals surface area contributed by atoms with Gasteiger partial charge >= 0.3 is 5.97 Å². The summed E-state index contributed by atoms with van der Waals surface area (Å²) >= 11 is 0. The van der Waals surface area contributed by atoms with Crippen LogP contribution < -0.4 is 10.3 Å². The van der Waals surface area contributed by atoms with Crippen LogP contribution in [0.2, 0.25) is 0 Å². The van der Waals surface area contributed by atoms with Gasteiger partial charge in [-0.2, -0.15) is 5.10 Å². The monoisotopic (exact) mass is 413 g/mol. The second-order valence-corrected chi connectivity index (χ2v) is 7.28. The molecule has 2 atom stereocenters. The van der Waals surface area contributed by atoms with Gasteiger partial charge in [-0.05, 0) is 57.0 Å². The predicted octanol–water partition coefficient (Wildman–Crippen LogP) is 2.28. The number of esters is 1. The number of ether oxygens (including phenoxy) is 2. The van der Waals surface area contributed by atoms with Crippen LogP contribution in [0.5, 0.6) is 5.75 Å². The zero-order chi connectivity index (χ0) is 21.7. The fourth-order valence-corrected chi connectivity index (χ4v) is 3.62. The van der Waals surface area contributed by atoms with E-state index in [9.17, 15) is 14.4 Å². The second-order valence-electron chi connectivity index (χ2n) is 7.28. The molecule has 2 unspecified atom stereocenters. The molecule has 2 heterocycles. The molecule has 1 saturated heterocycles. The Morgan fingerprint density at radius 3 is 2.60 bits per heavy atom. The Balaban J connectivity index is 1.79. The van der Waals surface area contributed by atoms with Crippen LogP contribution in [-0.2, 0) is 14.3 Å². The minimum atomic E-state index is -0.781. The SMILES string of the molecule is CCOC(=O)C1CCCN(C(=O)C(C)n2nc(-c3ccc(OC)cc3)ccc2=O)C1. The van der Waals surface area contributed by atoms with Crippen molar-refractivity contribution in [1.82, 2.24) is 14.7 Å². The van der Waals surface area contributed by atoms with Gasteiger partial charge in [-0.25, -0.2) is 4.68 Å². The lowest BCUT2D eigenvalue weighted by atomic mass is 9.97. The number of piperidine rings is 1. The Hall–Kier alpha value is -3.16. The molecule has 1 fully saturated rings. The summed E-state index contributed by atoms with van der Waals surface area (Å²) in [4.78, 5) is 39.2. The first-order valence-corrected chi connectivity index (χ1v) is 10.1. The van der Waals surface area contributed by atoms with E-state index in [4.69, 9.17) is 9.47 Å². The van der Waals surface area contributed by atoms with Gasteiger partial charge in [-0.15, -0.1) is 0 Å². The molecule has 0 N–H and O–H groups in total. The zero-order valence-electron chi connectivity index (χ0n) is 17.5. The van der Waals surface area contributed by atoms with Crippen molar-refractivity contribution in [2.45, 2.75) is 32.7 Å². The molecule has 1 aromatic heterocycles. The van der Waals surface area contributed by atoms with Crippen LogP contribution in [0.15, 0.2) is 41.2 Å². The van der Waals surface area contributed by atoms with Gasteiger partial charge < -0.3 is 14.4 Å². The summed E-state index contributed by atoms with van der Waals surface area (Å²) < 4.78 is 11.5. The van der Waals surface area contributed by atoms with Crippen molar-refractivity contribution < 1.29 is 19.1 Å². The van der Waals surface area contributed by atoms with Crippen molar-refractivity contribution in [1.29, 1.82) is 0 Å². The van der Waals surface area contributed by atoms with Gasteiger partial charge in [0, 0.05) is 24.7 Å². The number of likely N-dealkylation sites (tertiary alicyclic amines) is 1. The highest BCUT2D eigenvalue weighted by atomic mass is 16.5. The van der Waals surface area contributed by atoms with E-state index >= 15 is 0 Å². The first kappa shape index (κ1) is 21.5. The van der Waals surface area contributed by atoms with Gasteiger partial charge in [0.05, 0.1) is 25.3 Å². The Kier molecular flexibility index (Phi) is 6.87. The molecule has 1 amide bonds. The van der Waals surface area contributed by atoms with Crippen molar-refractivity contribution in [3.63, 3.8) is 0 Å². The Morgan fingerprint density at radius 1 is 1.20 bits per heavy atom. The van der Waals surface area contributed by atoms with Gasteiger partial charge in [-0.3, -0.25) is 14.4 Å². The molecule has 1 aliphatic heterocycles. The fourth-order valence-electron chi connectivity index (χ4n) is 3.62. The summed E-state index contributed by atoms with van der Waals surface area (Å²) in [6, 6.07) is 9.57. The quantitative estimate of drug-likeness (QED) is 0.675. The molecule has 0 saturated carbocycles. The van der Waals surface area contributed by atoms with E-state index in [0.29, 0.717) is 31.8 Å². The molecule has 0 bridgehead atoms. The van der Waals surface area contributed by atoms with E-state index in [1.165, 1.54) is 10.7 Å². The third-order valence-electron chi connectivity index (χ3n) is 5.29. The van der Waals surface area contributed by atoms with Crippen LogP contribution in [-0.4, -0.2) is 53.4 Å². The molecule has 0 spiro atoms. The summed E-state index contributed by atoms with van der Waals surface area (Å²) in [7, 11) is 1.59. The summed E-state index contributed by atoms with van der Waals surface area (Å²) in [5.74, 6) is -0.119. The van der Waals surface area contributed by atoms with Crippen molar-refractivity contribution in [3.05, 3.63) is 46.8 Å². The largest absolute Gasteiger partial charge is 0.497 e. The van der Waals surface area contributed by atoms with E-state index in [1.54, 1.807) is 31.9 Å². The minimum absolute atomic E-state index is 0.231. The number of methoxy groups -OCH3 is 1. The normalized spacial score (nSPS) is 17.3. The lowest BCUT2D eigenvalue weighted by Gasteiger charge is -2.33. The standard InChI is InChI=1S/C22H27N3O5/c1-4-30-22(28)17-6-5-13-24(14-17)21(27)15(2)25-20(26)12-11-19(23-25)16-7-9-18(29-3)10-8-16/h7-12,15,17H,4-6,13-14H2,1-3H3. The molecule has 2 aromatic rings. The fraction of sp³-hybridized carbons (Fsp3) is 0.455. The highest BCUT2D eigenvalue weighted by Gasteiger charge is 2.32. The van der Waals surface area contributed by atoms with Crippen LogP contribution in [0, 0.1) is 5.92 Å². The Morgan fingerprint density at radius 2 is 1.93 bits per heavy atom. The summed E-state index contributed by atoms with van der Waals surface area (Å²) in [6.45, 7) is 4.58. The van der Waals surface area contributed by atoms with Gasteiger partial charge in [0.2, 0.25) is 5.91 Å². The summed E-state index contributed by atoms with van der Waals surface area (Å²) in [6.07, 6.45) is 1.41. The molecule has 1 aliphatic rings. The maximum absolute atomic E-state index is 13.1. The lowest BCUT2D eigenvalue weighted by Crippen LogP contribution is -2.46. The molecule has 0 radical (unpaired) electrons. The van der Waals surface area contributed by atoms with E-state index in [1.807, 2.05) is 24.3 Å². The smallest absolute Gasteiger partial charge is 0.310 e. The minimum Gasteiger partial charge on any atom is -0.497 e. The molecule has 8 nitrogen and oxygen atoms in total.